The Hall–Kier alpha value is -1.92. The monoisotopic (exact) mass is 305 g/mol. The maximum Gasteiger partial charge on any atom is 0.236 e. The van der Waals surface area contributed by atoms with Gasteiger partial charge in [-0.05, 0) is 29.8 Å². The Balaban J connectivity index is 2.06. The molecule has 0 aliphatic rings. The topological polar surface area (TPSA) is 71.1 Å². The van der Waals surface area contributed by atoms with Crippen LogP contribution < -0.4 is 10.0 Å². The molecule has 5 nitrogen and oxygen atoms in total. The van der Waals surface area contributed by atoms with Crippen molar-refractivity contribution < 1.29 is 8.42 Å². The summed E-state index contributed by atoms with van der Waals surface area (Å²) in [6.45, 7) is 3.65. The van der Waals surface area contributed by atoms with Crippen molar-refractivity contribution in [3.8, 4) is 0 Å². The van der Waals surface area contributed by atoms with Gasteiger partial charge in [0.25, 0.3) is 0 Å². The van der Waals surface area contributed by atoms with Crippen molar-refractivity contribution in [2.75, 3.05) is 11.3 Å². The van der Waals surface area contributed by atoms with Crippen LogP contribution in [0.3, 0.4) is 0 Å². The van der Waals surface area contributed by atoms with E-state index in [1.54, 1.807) is 18.3 Å². The minimum atomic E-state index is -3.44. The first-order chi connectivity index (χ1) is 10.1. The third-order valence-electron chi connectivity index (χ3n) is 2.86. The molecule has 0 unspecified atom stereocenters. The van der Waals surface area contributed by atoms with Crippen molar-refractivity contribution in [1.82, 2.24) is 10.3 Å². The predicted octanol–water partition coefficient (Wildman–Crippen LogP) is 2.13. The van der Waals surface area contributed by atoms with Gasteiger partial charge in [0.1, 0.15) is 0 Å². The molecular formula is C15H19N3O2S. The quantitative estimate of drug-likeness (QED) is 0.822. The minimum absolute atomic E-state index is 0.0537. The number of nitrogens with zero attached hydrogens (tertiary/aromatic N) is 1. The third-order valence-corrected chi connectivity index (χ3v) is 4.12. The number of hydrogen-bond donors (Lipinski definition) is 2. The van der Waals surface area contributed by atoms with Gasteiger partial charge in [0.2, 0.25) is 10.0 Å². The molecule has 21 heavy (non-hydrogen) atoms. The largest absolute Gasteiger partial charge is 0.313 e. The van der Waals surface area contributed by atoms with E-state index in [1.165, 1.54) is 6.20 Å². The Morgan fingerprint density at radius 2 is 1.95 bits per heavy atom. The molecule has 2 rings (SSSR count). The van der Waals surface area contributed by atoms with Gasteiger partial charge in [-0.3, -0.25) is 9.71 Å². The smallest absolute Gasteiger partial charge is 0.236 e. The zero-order chi connectivity index (χ0) is 15.1. The minimum Gasteiger partial charge on any atom is -0.313 e. The average molecular weight is 305 g/mol. The van der Waals surface area contributed by atoms with E-state index in [0.29, 0.717) is 5.69 Å². The van der Waals surface area contributed by atoms with Gasteiger partial charge in [0.05, 0.1) is 17.6 Å². The number of pyridine rings is 1. The van der Waals surface area contributed by atoms with E-state index >= 15 is 0 Å². The zero-order valence-corrected chi connectivity index (χ0v) is 12.7. The highest BCUT2D eigenvalue weighted by Crippen LogP contribution is 2.12. The van der Waals surface area contributed by atoms with Gasteiger partial charge in [-0.2, -0.15) is 0 Å². The van der Waals surface area contributed by atoms with E-state index < -0.39 is 10.0 Å². The third kappa shape index (κ3) is 5.17. The maximum absolute atomic E-state index is 12.1. The lowest BCUT2D eigenvalue weighted by Crippen LogP contribution is -2.16. The normalized spacial score (nSPS) is 11.3. The van der Waals surface area contributed by atoms with Crippen LogP contribution in [0.5, 0.6) is 0 Å². The Labute approximate surface area is 125 Å². The first-order valence-electron chi connectivity index (χ1n) is 6.78. The molecule has 0 aliphatic carbocycles. The predicted molar refractivity (Wildman–Crippen MR) is 84.3 cm³/mol. The van der Waals surface area contributed by atoms with Crippen LogP contribution in [0.1, 0.15) is 18.1 Å². The van der Waals surface area contributed by atoms with Crippen LogP contribution >= 0.6 is 0 Å². The van der Waals surface area contributed by atoms with Crippen molar-refractivity contribution in [3.63, 3.8) is 0 Å². The molecule has 1 aromatic heterocycles. The second-order valence-electron chi connectivity index (χ2n) is 4.70. The number of hydrogen-bond acceptors (Lipinski definition) is 4. The van der Waals surface area contributed by atoms with E-state index in [9.17, 15) is 8.42 Å². The van der Waals surface area contributed by atoms with Crippen LogP contribution in [0.4, 0.5) is 5.69 Å². The van der Waals surface area contributed by atoms with E-state index in [1.807, 2.05) is 31.2 Å². The number of anilines is 1. The molecule has 0 saturated heterocycles. The summed E-state index contributed by atoms with van der Waals surface area (Å²) in [4.78, 5) is 3.89. The summed E-state index contributed by atoms with van der Waals surface area (Å²) in [5.41, 5.74) is 2.31. The van der Waals surface area contributed by atoms with Crippen LogP contribution in [0.15, 0.2) is 48.8 Å². The number of rotatable bonds is 7. The van der Waals surface area contributed by atoms with E-state index in [0.717, 1.165) is 24.2 Å². The van der Waals surface area contributed by atoms with Gasteiger partial charge in [-0.25, -0.2) is 8.42 Å². The molecule has 0 aliphatic heterocycles. The average Bonchev–Trinajstić information content (AvgIpc) is 2.45. The lowest BCUT2D eigenvalue weighted by molar-refractivity contribution is 0.600. The summed E-state index contributed by atoms with van der Waals surface area (Å²) in [7, 11) is -3.44. The molecule has 1 heterocycles. The van der Waals surface area contributed by atoms with Gasteiger partial charge in [-0.1, -0.05) is 31.2 Å². The fourth-order valence-electron chi connectivity index (χ4n) is 1.96. The summed E-state index contributed by atoms with van der Waals surface area (Å²) in [5.74, 6) is -0.0537. The van der Waals surface area contributed by atoms with E-state index in [4.69, 9.17) is 0 Å². The fourth-order valence-corrected chi connectivity index (χ4v) is 3.13. The second kappa shape index (κ2) is 7.19. The van der Waals surface area contributed by atoms with Crippen molar-refractivity contribution in [2.24, 2.45) is 0 Å². The Bertz CT molecular complexity index is 672. The molecule has 0 amide bonds. The fraction of sp³-hybridized carbons (Fsp3) is 0.267. The summed E-state index contributed by atoms with van der Waals surface area (Å²) in [6, 6.07) is 10.9. The van der Waals surface area contributed by atoms with Crippen molar-refractivity contribution in [2.45, 2.75) is 19.2 Å². The van der Waals surface area contributed by atoms with E-state index in [-0.39, 0.29) is 5.75 Å². The van der Waals surface area contributed by atoms with Gasteiger partial charge in [0, 0.05) is 12.7 Å². The molecule has 0 atom stereocenters. The molecule has 0 spiro atoms. The number of aromatic nitrogens is 1. The van der Waals surface area contributed by atoms with Crippen molar-refractivity contribution in [1.29, 1.82) is 0 Å². The first kappa shape index (κ1) is 15.5. The molecule has 6 heteroatoms. The molecule has 0 fully saturated rings. The summed E-state index contributed by atoms with van der Waals surface area (Å²) in [6.07, 6.45) is 3.08. The molecule has 2 aromatic rings. The first-order valence-corrected chi connectivity index (χ1v) is 8.43. The number of nitrogens with one attached hydrogen (secondary N) is 2. The Kier molecular flexibility index (Phi) is 5.30. The molecule has 0 saturated carbocycles. The highest BCUT2D eigenvalue weighted by molar-refractivity contribution is 7.91. The van der Waals surface area contributed by atoms with Crippen LogP contribution in [-0.2, 0) is 22.3 Å². The molecule has 0 bridgehead atoms. The summed E-state index contributed by atoms with van der Waals surface area (Å²) >= 11 is 0. The molecule has 112 valence electrons. The lowest BCUT2D eigenvalue weighted by atomic mass is 10.1. The van der Waals surface area contributed by atoms with Crippen LogP contribution in [0.25, 0.3) is 0 Å². The van der Waals surface area contributed by atoms with Crippen molar-refractivity contribution >= 4 is 15.7 Å². The zero-order valence-electron chi connectivity index (χ0n) is 11.9. The highest BCUT2D eigenvalue weighted by Gasteiger charge is 2.12. The van der Waals surface area contributed by atoms with Crippen LogP contribution in [0, 0.1) is 0 Å². The van der Waals surface area contributed by atoms with Gasteiger partial charge < -0.3 is 5.32 Å². The van der Waals surface area contributed by atoms with E-state index in [2.05, 4.69) is 15.0 Å². The standard InChI is InChI=1S/C15H19N3O2S/c1-2-16-10-13-5-3-6-14(9-13)12-21(19,20)18-15-7-4-8-17-11-15/h3-9,11,16,18H,2,10,12H2,1H3. The SMILES string of the molecule is CCNCc1cccc(CS(=O)(=O)Nc2cccnc2)c1. The van der Waals surface area contributed by atoms with Gasteiger partial charge in [-0.15, -0.1) is 0 Å². The Morgan fingerprint density at radius 3 is 2.67 bits per heavy atom. The highest BCUT2D eigenvalue weighted by atomic mass is 32.2. The molecular weight excluding hydrogens is 286 g/mol. The summed E-state index contributed by atoms with van der Waals surface area (Å²) in [5, 5.41) is 3.22. The number of sulfonamides is 1. The maximum atomic E-state index is 12.1. The number of benzene rings is 1. The molecule has 1 aromatic carbocycles. The van der Waals surface area contributed by atoms with Gasteiger partial charge >= 0.3 is 0 Å². The Morgan fingerprint density at radius 1 is 1.14 bits per heavy atom. The van der Waals surface area contributed by atoms with Crippen LogP contribution in [-0.4, -0.2) is 19.9 Å². The summed E-state index contributed by atoms with van der Waals surface area (Å²) < 4.78 is 26.8. The lowest BCUT2D eigenvalue weighted by Gasteiger charge is -2.09. The second-order valence-corrected chi connectivity index (χ2v) is 6.43. The molecule has 2 N–H and O–H groups in total. The van der Waals surface area contributed by atoms with Crippen LogP contribution in [0.2, 0.25) is 0 Å². The molecule has 0 radical (unpaired) electrons. The van der Waals surface area contributed by atoms with Crippen molar-refractivity contribution in [3.05, 3.63) is 59.9 Å². The van der Waals surface area contributed by atoms with Gasteiger partial charge in [0.15, 0.2) is 0 Å².